The fourth-order valence-electron chi connectivity index (χ4n) is 15.6. The van der Waals surface area contributed by atoms with E-state index in [1.165, 1.54) is 38.3 Å². The van der Waals surface area contributed by atoms with Gasteiger partial charge in [0.05, 0.1) is 28.1 Å². The molecule has 1 aromatic heterocycles. The van der Waals surface area contributed by atoms with Crippen molar-refractivity contribution in [2.24, 2.45) is 0 Å². The van der Waals surface area contributed by atoms with Crippen LogP contribution in [0.15, 0.2) is 279 Å². The number of hydrogen-bond acceptors (Lipinski definition) is 4. The van der Waals surface area contributed by atoms with Gasteiger partial charge in [0.1, 0.15) is 23.0 Å². The van der Waals surface area contributed by atoms with E-state index in [1.54, 1.807) is 0 Å². The van der Waals surface area contributed by atoms with Gasteiger partial charge < -0.3 is 23.8 Å². The Labute approximate surface area is 537 Å². The molecule has 0 spiro atoms. The number of fused-ring (bicyclic) bond motifs is 19. The van der Waals surface area contributed by atoms with Crippen molar-refractivity contribution in [3.05, 3.63) is 290 Å². The molecule has 0 unspecified atom stereocenters. The predicted molar refractivity (Wildman–Crippen MR) is 385 cm³/mol. The first-order valence-electron chi connectivity index (χ1n) is 32.2. The quantitative estimate of drug-likeness (QED) is 0.165. The van der Waals surface area contributed by atoms with Gasteiger partial charge in [-0.3, -0.25) is 0 Å². The molecule has 0 bridgehead atoms. The SMILES string of the molecule is CC(C)(C)c1cccc2c1N1c3cc(-n4c5ccccc5c5ccccc54)cc4c3B(c3cc(-c5ccccc5)cc(c31)-c1ccccc1Oc1ccccc1-2)c1cc(-c2ccccc2)cc2c1N4c1c(cccc1C(C)(C)C)-c1ccccc1Oc1ccccc1-2. The summed E-state index contributed by atoms with van der Waals surface area (Å²) in [5.41, 5.74) is 28.3. The second kappa shape index (κ2) is 20.2. The topological polar surface area (TPSA) is 29.9 Å². The van der Waals surface area contributed by atoms with Gasteiger partial charge >= 0.3 is 0 Å². The van der Waals surface area contributed by atoms with Crippen molar-refractivity contribution in [2.45, 2.75) is 52.4 Å². The highest BCUT2D eigenvalue weighted by Gasteiger charge is 2.49. The molecule has 4 aliphatic heterocycles. The summed E-state index contributed by atoms with van der Waals surface area (Å²) in [5.74, 6) is 3.17. The number of ether oxygens (including phenoxy) is 2. The molecule has 0 radical (unpaired) electrons. The van der Waals surface area contributed by atoms with Crippen molar-refractivity contribution in [1.82, 2.24) is 4.57 Å². The molecule has 438 valence electrons. The van der Waals surface area contributed by atoms with E-state index in [2.05, 4.69) is 335 Å². The molecule has 14 aromatic rings. The van der Waals surface area contributed by atoms with E-state index in [9.17, 15) is 0 Å². The third-order valence-corrected chi connectivity index (χ3v) is 19.6. The Morgan fingerprint density at radius 3 is 1.04 bits per heavy atom. The van der Waals surface area contributed by atoms with Gasteiger partial charge in [-0.15, -0.1) is 0 Å². The van der Waals surface area contributed by atoms with Crippen LogP contribution in [-0.2, 0) is 10.8 Å². The van der Waals surface area contributed by atoms with Crippen LogP contribution in [-0.4, -0.2) is 11.3 Å². The van der Waals surface area contributed by atoms with E-state index >= 15 is 0 Å². The second-order valence-corrected chi connectivity index (χ2v) is 27.1. The Bertz CT molecular complexity index is 5070. The van der Waals surface area contributed by atoms with Gasteiger partial charge in [0.15, 0.2) is 0 Å². The Kier molecular flexibility index (Phi) is 11.8. The minimum atomic E-state index is -0.350. The molecule has 0 amide bonds. The molecule has 0 N–H and O–H groups in total. The standard InChI is InChI=1S/C86H64BN3O2/c1-85(2,3)68-39-25-37-64-60-33-15-21-43-76(60)91-78-45-23-17-35-62(78)66-47-55(53-27-9-7-10-28-53)49-70-83(66)89(81(64)68)74-51-57(88-72-41-19-13-31-58(72)59-32-14-20-42-73(59)88)52-75-80(74)87(70)71-50-56(54-29-11-8-12-30-54)48-67-63-36-18-24-46-79(63)92-77-44-22-16-34-61(77)65-38-26-40-69(86(4,5)6)82(65)90(75)84(67)71/h7-52H,1-6H3. The van der Waals surface area contributed by atoms with Crippen LogP contribution in [0, 0.1) is 0 Å². The molecule has 5 nitrogen and oxygen atoms in total. The molecule has 0 fully saturated rings. The first-order valence-corrected chi connectivity index (χ1v) is 32.2. The van der Waals surface area contributed by atoms with Crippen LogP contribution >= 0.6 is 0 Å². The summed E-state index contributed by atoms with van der Waals surface area (Å²) in [7, 11) is 0. The lowest BCUT2D eigenvalue weighted by atomic mass is 9.32. The highest BCUT2D eigenvalue weighted by Crippen LogP contribution is 2.59. The minimum absolute atomic E-state index is 0.343. The van der Waals surface area contributed by atoms with Gasteiger partial charge in [0.25, 0.3) is 6.71 Å². The zero-order chi connectivity index (χ0) is 61.7. The Hall–Kier alpha value is -11.1. The molecule has 5 heterocycles. The van der Waals surface area contributed by atoms with Gasteiger partial charge in [-0.1, -0.05) is 260 Å². The zero-order valence-electron chi connectivity index (χ0n) is 52.3. The fourth-order valence-corrected chi connectivity index (χ4v) is 15.6. The maximum atomic E-state index is 7.44. The van der Waals surface area contributed by atoms with E-state index in [4.69, 9.17) is 9.47 Å². The van der Waals surface area contributed by atoms with Gasteiger partial charge in [-0.2, -0.15) is 0 Å². The third kappa shape index (κ3) is 8.12. The summed E-state index contributed by atoms with van der Waals surface area (Å²) < 4.78 is 17.4. The minimum Gasteiger partial charge on any atom is -0.456 e. The molecule has 4 aliphatic rings. The van der Waals surface area contributed by atoms with Crippen molar-refractivity contribution in [3.8, 4) is 95.4 Å². The Balaban J connectivity index is 1.12. The lowest BCUT2D eigenvalue weighted by molar-refractivity contribution is 0.486. The maximum Gasteiger partial charge on any atom is 0.252 e. The van der Waals surface area contributed by atoms with Crippen molar-refractivity contribution >= 4 is 79.0 Å². The summed E-state index contributed by atoms with van der Waals surface area (Å²) in [5, 5.41) is 2.41. The van der Waals surface area contributed by atoms with E-state index in [0.29, 0.717) is 0 Å². The number of benzene rings is 13. The molecule has 0 saturated carbocycles. The zero-order valence-corrected chi connectivity index (χ0v) is 52.3. The fraction of sp³-hybridized carbons (Fsp3) is 0.0930. The largest absolute Gasteiger partial charge is 0.456 e. The van der Waals surface area contributed by atoms with Gasteiger partial charge in [0.2, 0.25) is 0 Å². The predicted octanol–water partition coefficient (Wildman–Crippen LogP) is 21.7. The van der Waals surface area contributed by atoms with Crippen molar-refractivity contribution in [1.29, 1.82) is 0 Å². The number of nitrogens with zero attached hydrogens (tertiary/aromatic N) is 3. The maximum absolute atomic E-state index is 7.44. The van der Waals surface area contributed by atoms with E-state index < -0.39 is 0 Å². The highest BCUT2D eigenvalue weighted by atomic mass is 16.5. The van der Waals surface area contributed by atoms with E-state index in [-0.39, 0.29) is 17.5 Å². The molecule has 0 aliphatic carbocycles. The first kappa shape index (κ1) is 53.9. The molecule has 0 saturated heterocycles. The number of hydrogen-bond donors (Lipinski definition) is 0. The molecular weight excluding hydrogens is 1120 g/mol. The summed E-state index contributed by atoms with van der Waals surface area (Å²) >= 11 is 0. The summed E-state index contributed by atoms with van der Waals surface area (Å²) in [6, 6.07) is 104. The molecule has 0 atom stereocenters. The molecule has 13 aromatic carbocycles. The van der Waals surface area contributed by atoms with Gasteiger partial charge in [0, 0.05) is 78.0 Å². The van der Waals surface area contributed by atoms with Crippen molar-refractivity contribution < 1.29 is 9.47 Å². The molecule has 92 heavy (non-hydrogen) atoms. The number of rotatable bonds is 3. The van der Waals surface area contributed by atoms with Crippen LogP contribution in [0.4, 0.5) is 34.1 Å². The molecule has 6 heteroatoms. The third-order valence-electron chi connectivity index (χ3n) is 19.6. The molecular formula is C86H64BN3O2. The van der Waals surface area contributed by atoms with Crippen LogP contribution in [0.3, 0.4) is 0 Å². The first-order chi connectivity index (χ1) is 44.9. The number of aromatic nitrogens is 1. The van der Waals surface area contributed by atoms with Crippen molar-refractivity contribution in [3.63, 3.8) is 0 Å². The van der Waals surface area contributed by atoms with Crippen LogP contribution in [0.25, 0.3) is 94.3 Å². The lowest BCUT2D eigenvalue weighted by Gasteiger charge is -2.48. The normalized spacial score (nSPS) is 13.2. The smallest absolute Gasteiger partial charge is 0.252 e. The average Bonchev–Trinajstić information content (AvgIpc) is 0.710. The summed E-state index contributed by atoms with van der Waals surface area (Å²) in [6.07, 6.45) is 0. The van der Waals surface area contributed by atoms with Crippen LogP contribution < -0.4 is 35.7 Å². The van der Waals surface area contributed by atoms with E-state index in [0.717, 1.165) is 141 Å². The van der Waals surface area contributed by atoms with Gasteiger partial charge in [-0.05, 0) is 121 Å². The lowest BCUT2D eigenvalue weighted by Crippen LogP contribution is -2.62. The monoisotopic (exact) mass is 1180 g/mol. The molecule has 18 rings (SSSR count). The van der Waals surface area contributed by atoms with Crippen LogP contribution in [0.2, 0.25) is 0 Å². The second-order valence-electron chi connectivity index (χ2n) is 27.1. The number of anilines is 6. The van der Waals surface area contributed by atoms with E-state index in [1.807, 2.05) is 0 Å². The summed E-state index contributed by atoms with van der Waals surface area (Å²) in [4.78, 5) is 5.45. The highest BCUT2D eigenvalue weighted by molar-refractivity contribution is 7.00. The van der Waals surface area contributed by atoms with Crippen LogP contribution in [0.1, 0.15) is 52.7 Å². The Morgan fingerprint density at radius 2 is 0.641 bits per heavy atom. The van der Waals surface area contributed by atoms with Crippen molar-refractivity contribution in [2.75, 3.05) is 9.80 Å². The average molecular weight is 1180 g/mol. The Morgan fingerprint density at radius 1 is 0.293 bits per heavy atom. The van der Waals surface area contributed by atoms with Crippen LogP contribution in [0.5, 0.6) is 23.0 Å². The summed E-state index contributed by atoms with van der Waals surface area (Å²) in [6.45, 7) is 13.9. The van der Waals surface area contributed by atoms with Gasteiger partial charge in [-0.25, -0.2) is 0 Å². The number of para-hydroxylation sites is 8.